The van der Waals surface area contributed by atoms with Crippen LogP contribution < -0.4 is 11.2 Å². The van der Waals surface area contributed by atoms with E-state index >= 15 is 0 Å². The van der Waals surface area contributed by atoms with Crippen molar-refractivity contribution in [2.45, 2.75) is 31.6 Å². The van der Waals surface area contributed by atoms with Crippen molar-refractivity contribution in [3.63, 3.8) is 0 Å². The highest BCUT2D eigenvalue weighted by atomic mass is 16.5. The molecule has 0 unspecified atom stereocenters. The summed E-state index contributed by atoms with van der Waals surface area (Å²) >= 11 is 0. The molecule has 2 N–H and O–H groups in total. The molecule has 2 aromatic heterocycles. The van der Waals surface area contributed by atoms with E-state index in [9.17, 15) is 9.59 Å². The maximum absolute atomic E-state index is 12.2. The van der Waals surface area contributed by atoms with E-state index in [-0.39, 0.29) is 5.56 Å². The SMILES string of the molecule is O=c1[nH]c2c(c(=O)[nH]1)C1(CCN(Cc3ccccn3)CC1)OC2. The lowest BCUT2D eigenvalue weighted by molar-refractivity contribution is -0.0808. The van der Waals surface area contributed by atoms with Crippen molar-refractivity contribution in [1.82, 2.24) is 19.9 Å². The van der Waals surface area contributed by atoms with Gasteiger partial charge < -0.3 is 9.72 Å². The van der Waals surface area contributed by atoms with Gasteiger partial charge in [-0.2, -0.15) is 0 Å². The van der Waals surface area contributed by atoms with Gasteiger partial charge in [0.15, 0.2) is 0 Å². The molecule has 4 heterocycles. The van der Waals surface area contributed by atoms with Crippen molar-refractivity contribution < 1.29 is 4.74 Å². The summed E-state index contributed by atoms with van der Waals surface area (Å²) in [6.45, 7) is 2.75. The molecule has 7 heteroatoms. The Balaban J connectivity index is 1.53. The number of hydrogen-bond donors (Lipinski definition) is 2. The summed E-state index contributed by atoms with van der Waals surface area (Å²) in [7, 11) is 0. The molecule has 1 spiro atoms. The molecule has 0 bridgehead atoms. The van der Waals surface area contributed by atoms with Gasteiger partial charge in [-0.05, 0) is 25.0 Å². The molecule has 0 atom stereocenters. The van der Waals surface area contributed by atoms with Crippen LogP contribution in [0.15, 0.2) is 34.0 Å². The van der Waals surface area contributed by atoms with Crippen LogP contribution in [0.4, 0.5) is 0 Å². The third-order valence-corrected chi connectivity index (χ3v) is 4.74. The number of pyridine rings is 1. The fourth-order valence-corrected chi connectivity index (χ4v) is 3.59. The monoisotopic (exact) mass is 314 g/mol. The molecule has 1 saturated heterocycles. The normalized spacial score (nSPS) is 19.8. The smallest absolute Gasteiger partial charge is 0.325 e. The molecule has 2 aliphatic rings. The molecule has 0 saturated carbocycles. The number of aromatic amines is 2. The van der Waals surface area contributed by atoms with E-state index in [1.807, 2.05) is 18.2 Å². The number of ether oxygens (including phenoxy) is 1. The van der Waals surface area contributed by atoms with Crippen molar-refractivity contribution in [2.75, 3.05) is 13.1 Å². The molecular weight excluding hydrogens is 296 g/mol. The fraction of sp³-hybridized carbons (Fsp3) is 0.438. The zero-order valence-corrected chi connectivity index (χ0v) is 12.7. The van der Waals surface area contributed by atoms with Gasteiger partial charge in [0.1, 0.15) is 5.60 Å². The number of likely N-dealkylation sites (tertiary alicyclic amines) is 1. The van der Waals surface area contributed by atoms with Gasteiger partial charge in [-0.25, -0.2) is 4.79 Å². The van der Waals surface area contributed by atoms with Gasteiger partial charge in [0.05, 0.1) is 23.6 Å². The Hall–Kier alpha value is -2.25. The molecule has 2 aromatic rings. The van der Waals surface area contributed by atoms with Crippen LogP contribution in [0.1, 0.15) is 29.8 Å². The first kappa shape index (κ1) is 14.3. The van der Waals surface area contributed by atoms with Gasteiger partial charge in [-0.3, -0.25) is 19.7 Å². The minimum absolute atomic E-state index is 0.300. The Morgan fingerprint density at radius 2 is 2.04 bits per heavy atom. The summed E-state index contributed by atoms with van der Waals surface area (Å²) < 4.78 is 5.95. The summed E-state index contributed by atoms with van der Waals surface area (Å²) in [5.41, 5.74) is 0.916. The summed E-state index contributed by atoms with van der Waals surface area (Å²) in [5, 5.41) is 0. The first-order valence-electron chi connectivity index (χ1n) is 7.78. The number of nitrogens with zero attached hydrogens (tertiary/aromatic N) is 2. The van der Waals surface area contributed by atoms with Gasteiger partial charge in [0, 0.05) is 25.8 Å². The summed E-state index contributed by atoms with van der Waals surface area (Å²) in [6.07, 6.45) is 3.27. The highest BCUT2D eigenvalue weighted by Crippen LogP contribution is 2.41. The Morgan fingerprint density at radius 1 is 1.22 bits per heavy atom. The van der Waals surface area contributed by atoms with Crippen LogP contribution in [-0.2, 0) is 23.5 Å². The number of hydrogen-bond acceptors (Lipinski definition) is 5. The molecule has 4 rings (SSSR count). The third kappa shape index (κ3) is 2.51. The van der Waals surface area contributed by atoms with E-state index in [1.165, 1.54) is 0 Å². The quantitative estimate of drug-likeness (QED) is 0.841. The highest BCUT2D eigenvalue weighted by molar-refractivity contribution is 5.28. The number of piperidine rings is 1. The van der Waals surface area contributed by atoms with Gasteiger partial charge in [-0.1, -0.05) is 6.07 Å². The molecule has 2 aliphatic heterocycles. The minimum atomic E-state index is -0.562. The first-order valence-corrected chi connectivity index (χ1v) is 7.78. The lowest BCUT2D eigenvalue weighted by Gasteiger charge is -2.38. The van der Waals surface area contributed by atoms with Crippen molar-refractivity contribution >= 4 is 0 Å². The molecule has 0 radical (unpaired) electrons. The zero-order chi connectivity index (χ0) is 15.9. The Morgan fingerprint density at radius 3 is 2.78 bits per heavy atom. The van der Waals surface area contributed by atoms with Crippen LogP contribution >= 0.6 is 0 Å². The zero-order valence-electron chi connectivity index (χ0n) is 12.7. The Bertz CT molecular complexity index is 819. The topological polar surface area (TPSA) is 91.1 Å². The van der Waals surface area contributed by atoms with Crippen molar-refractivity contribution in [1.29, 1.82) is 0 Å². The second-order valence-corrected chi connectivity index (χ2v) is 6.14. The van der Waals surface area contributed by atoms with E-state index in [0.717, 1.165) is 38.2 Å². The summed E-state index contributed by atoms with van der Waals surface area (Å²) in [5.74, 6) is 0. The third-order valence-electron chi connectivity index (χ3n) is 4.74. The largest absolute Gasteiger partial charge is 0.364 e. The maximum atomic E-state index is 12.2. The Kier molecular flexibility index (Phi) is 3.39. The number of aromatic nitrogens is 3. The molecular formula is C16H18N4O3. The molecule has 0 amide bonds. The number of fused-ring (bicyclic) bond motifs is 2. The molecule has 0 aromatic carbocycles. The van der Waals surface area contributed by atoms with Crippen LogP contribution in [0.2, 0.25) is 0 Å². The van der Waals surface area contributed by atoms with E-state index < -0.39 is 11.3 Å². The van der Waals surface area contributed by atoms with Crippen molar-refractivity contribution in [2.24, 2.45) is 0 Å². The molecule has 120 valence electrons. The second kappa shape index (κ2) is 5.43. The van der Waals surface area contributed by atoms with Gasteiger partial charge in [-0.15, -0.1) is 0 Å². The van der Waals surface area contributed by atoms with Crippen LogP contribution in [-0.4, -0.2) is 32.9 Å². The minimum Gasteiger partial charge on any atom is -0.364 e. The number of H-pyrrole nitrogens is 2. The first-order chi connectivity index (χ1) is 11.2. The second-order valence-electron chi connectivity index (χ2n) is 6.14. The maximum Gasteiger partial charge on any atom is 0.325 e. The van der Waals surface area contributed by atoms with E-state index in [0.29, 0.717) is 17.9 Å². The van der Waals surface area contributed by atoms with Gasteiger partial charge >= 0.3 is 5.69 Å². The van der Waals surface area contributed by atoms with E-state index in [4.69, 9.17) is 4.74 Å². The lowest BCUT2D eigenvalue weighted by atomic mass is 9.85. The lowest BCUT2D eigenvalue weighted by Crippen LogP contribution is -2.45. The van der Waals surface area contributed by atoms with Crippen LogP contribution in [0.3, 0.4) is 0 Å². The van der Waals surface area contributed by atoms with Crippen molar-refractivity contribution in [3.8, 4) is 0 Å². The highest BCUT2D eigenvalue weighted by Gasteiger charge is 2.45. The molecule has 23 heavy (non-hydrogen) atoms. The summed E-state index contributed by atoms with van der Waals surface area (Å²) in [4.78, 5) is 35.3. The fourth-order valence-electron chi connectivity index (χ4n) is 3.59. The average molecular weight is 314 g/mol. The molecule has 0 aliphatic carbocycles. The number of nitrogens with one attached hydrogen (secondary N) is 2. The molecule has 1 fully saturated rings. The van der Waals surface area contributed by atoms with Crippen LogP contribution in [0.25, 0.3) is 0 Å². The van der Waals surface area contributed by atoms with Crippen molar-refractivity contribution in [3.05, 3.63) is 62.2 Å². The number of rotatable bonds is 2. The predicted molar refractivity (Wildman–Crippen MR) is 82.9 cm³/mol. The van der Waals surface area contributed by atoms with Crippen LogP contribution in [0.5, 0.6) is 0 Å². The van der Waals surface area contributed by atoms with E-state index in [1.54, 1.807) is 6.20 Å². The Labute approximate surface area is 132 Å². The van der Waals surface area contributed by atoms with Crippen LogP contribution in [0, 0.1) is 0 Å². The molecule has 7 nitrogen and oxygen atoms in total. The standard InChI is InChI=1S/C16H18N4O3/c21-14-13-12(18-15(22)19-14)10-23-16(13)4-7-20(8-5-16)9-11-3-1-2-6-17-11/h1-3,6H,4-5,7-10H2,(H2,18,19,21,22). The van der Waals surface area contributed by atoms with Gasteiger partial charge in [0.25, 0.3) is 5.56 Å². The predicted octanol–water partition coefficient (Wildman–Crippen LogP) is 0.480. The average Bonchev–Trinajstić information content (AvgIpc) is 2.89. The van der Waals surface area contributed by atoms with Gasteiger partial charge in [0.2, 0.25) is 0 Å². The summed E-state index contributed by atoms with van der Waals surface area (Å²) in [6, 6.07) is 5.91. The van der Waals surface area contributed by atoms with E-state index in [2.05, 4.69) is 19.9 Å².